The van der Waals surface area contributed by atoms with Gasteiger partial charge in [0, 0.05) is 32.2 Å². The molecule has 1 aromatic carbocycles. The van der Waals surface area contributed by atoms with Crippen LogP contribution in [0.4, 0.5) is 4.79 Å². The fourth-order valence-corrected chi connectivity index (χ4v) is 10.8. The molecule has 1 aliphatic heterocycles. The highest BCUT2D eigenvalue weighted by molar-refractivity contribution is 5.84. The molecular weight excluding hydrogens is 786 g/mol. The summed E-state index contributed by atoms with van der Waals surface area (Å²) >= 11 is 0. The fourth-order valence-electron chi connectivity index (χ4n) is 10.8. The van der Waals surface area contributed by atoms with E-state index in [0.29, 0.717) is 35.3 Å². The second kappa shape index (κ2) is 19.5. The third kappa shape index (κ3) is 10.4. The van der Waals surface area contributed by atoms with Gasteiger partial charge in [-0.3, -0.25) is 9.69 Å². The standard InChI is InChI=1S/C41H63N5O14/c42-14-27-8-26-9-28(26)46(27)38(57)37(43)40-10-24-7-25(11-40)13-41(12-24,21-40)60-6-5-59-39(58)44-15-22-1-3-23(4-2-22)16-45(17-29(49)33(53)35(55)31(51)19-47)18-30(50)34(54)36(56)32(52)20-48/h1-4,24-37,47-56H,5-13,15-21,43H2,(H,44,58)/t24-,25?,26+,27-,28-,29-,30-,31+,32+,33+,34+,35+,36+,37+,40?,41?/m0/s1. The van der Waals surface area contributed by atoms with Crippen LogP contribution < -0.4 is 11.1 Å². The molecule has 1 saturated heterocycles. The van der Waals surface area contributed by atoms with E-state index in [1.807, 2.05) is 0 Å². The number of aliphatic hydroxyl groups is 10. The zero-order chi connectivity index (χ0) is 43.5. The number of aliphatic hydroxyl groups excluding tert-OH is 10. The van der Waals surface area contributed by atoms with Crippen LogP contribution in [0.2, 0.25) is 0 Å². The van der Waals surface area contributed by atoms with Gasteiger partial charge in [-0.15, -0.1) is 0 Å². The molecule has 4 bridgehead atoms. The molecule has 2 amide bonds. The van der Waals surface area contributed by atoms with Crippen LogP contribution in [0.3, 0.4) is 0 Å². The summed E-state index contributed by atoms with van der Waals surface area (Å²) in [6.45, 7) is -2.29. The molecule has 60 heavy (non-hydrogen) atoms. The van der Waals surface area contributed by atoms with Crippen molar-refractivity contribution < 1.29 is 70.1 Å². The number of nitriles is 1. The van der Waals surface area contributed by atoms with Crippen LogP contribution in [0.15, 0.2) is 24.3 Å². The Morgan fingerprint density at radius 2 is 1.37 bits per heavy atom. The number of alkyl carbamates (subject to hydrolysis) is 1. The molecule has 336 valence electrons. The number of amides is 2. The first-order chi connectivity index (χ1) is 28.5. The zero-order valence-electron chi connectivity index (χ0n) is 33.7. The predicted octanol–water partition coefficient (Wildman–Crippen LogP) is -3.22. The number of nitrogens with two attached hydrogens (primary N) is 1. The average molecular weight is 850 g/mol. The number of carbonyl (C=O) groups is 2. The number of benzene rings is 1. The van der Waals surface area contributed by atoms with Crippen LogP contribution in [0.1, 0.15) is 62.5 Å². The summed E-state index contributed by atoms with van der Waals surface area (Å²) in [5.41, 5.74) is 7.34. The van der Waals surface area contributed by atoms with Gasteiger partial charge >= 0.3 is 6.09 Å². The minimum Gasteiger partial charge on any atom is -0.447 e. The molecule has 19 nitrogen and oxygen atoms in total. The summed E-state index contributed by atoms with van der Waals surface area (Å²) in [6, 6.07) is 8.17. The second-order valence-electron chi connectivity index (χ2n) is 18.1. The summed E-state index contributed by atoms with van der Waals surface area (Å²) in [4.78, 5) is 29.6. The van der Waals surface area contributed by atoms with Gasteiger partial charge in [0.05, 0.1) is 49.7 Å². The third-order valence-corrected chi connectivity index (χ3v) is 13.6. The number of nitrogens with one attached hydrogen (secondary N) is 1. The van der Waals surface area contributed by atoms with E-state index < -0.39 is 98.9 Å². The number of hydrogen-bond donors (Lipinski definition) is 12. The number of carbonyl (C=O) groups excluding carboxylic acids is 2. The van der Waals surface area contributed by atoms with Crippen molar-refractivity contribution in [1.29, 1.82) is 5.26 Å². The molecule has 1 heterocycles. The highest BCUT2D eigenvalue weighted by Gasteiger charge is 2.63. The van der Waals surface area contributed by atoms with Gasteiger partial charge in [0.2, 0.25) is 5.91 Å². The van der Waals surface area contributed by atoms with E-state index in [2.05, 4.69) is 11.4 Å². The first-order valence-corrected chi connectivity index (χ1v) is 21.0. The topological polar surface area (TPSA) is 323 Å². The number of nitrogens with zero attached hydrogens (tertiary/aromatic N) is 3. The van der Waals surface area contributed by atoms with Crippen molar-refractivity contribution >= 4 is 12.0 Å². The van der Waals surface area contributed by atoms with E-state index in [1.54, 1.807) is 29.2 Å². The minimum atomic E-state index is -1.91. The maximum atomic E-state index is 13.8. The van der Waals surface area contributed by atoms with Gasteiger partial charge in [0.25, 0.3) is 0 Å². The van der Waals surface area contributed by atoms with Crippen molar-refractivity contribution in [3.8, 4) is 6.07 Å². The SMILES string of the molecule is N#C[C@@H]1C[C@@H]2C[C@@H]2N1C(=O)[C@@H](N)C12CC3C[C@H](CC(OCCOC(=O)NCc4ccc(CN(C[C@H](O)[C@@H](O)[C@H](O)[C@H](O)CO)C[C@H](O)[C@@H](O)[C@H](O)[C@H](O)CO)cc4)(C3)C1)C2. The van der Waals surface area contributed by atoms with Gasteiger partial charge in [0.15, 0.2) is 0 Å². The molecule has 5 saturated carbocycles. The number of hydrogen-bond acceptors (Lipinski definition) is 17. The van der Waals surface area contributed by atoms with Crippen LogP contribution >= 0.6 is 0 Å². The maximum absolute atomic E-state index is 13.8. The normalized spacial score (nSPS) is 32.2. The molecule has 19 heteroatoms. The van der Waals surface area contributed by atoms with Gasteiger partial charge in [-0.05, 0) is 85.7 Å². The lowest BCUT2D eigenvalue weighted by atomic mass is 9.46. The Hall–Kier alpha value is -3.07. The average Bonchev–Trinajstić information content (AvgIpc) is 3.90. The monoisotopic (exact) mass is 849 g/mol. The number of piperidine rings is 1. The molecule has 5 aliphatic carbocycles. The highest BCUT2D eigenvalue weighted by atomic mass is 16.6. The first-order valence-electron chi connectivity index (χ1n) is 21.0. The molecule has 0 radical (unpaired) electrons. The summed E-state index contributed by atoms with van der Waals surface area (Å²) in [7, 11) is 0. The highest BCUT2D eigenvalue weighted by Crippen LogP contribution is 2.64. The summed E-state index contributed by atoms with van der Waals surface area (Å²) in [5, 5.41) is 112. The van der Waals surface area contributed by atoms with Crippen molar-refractivity contribution in [1.82, 2.24) is 15.1 Å². The lowest BCUT2D eigenvalue weighted by Gasteiger charge is -2.63. The van der Waals surface area contributed by atoms with Gasteiger partial charge in [-0.25, -0.2) is 4.79 Å². The minimum absolute atomic E-state index is 0.00601. The molecule has 16 atom stereocenters. The fraction of sp³-hybridized carbons (Fsp3) is 0.780. The van der Waals surface area contributed by atoms with Crippen molar-refractivity contribution in [3.05, 3.63) is 35.4 Å². The lowest BCUT2D eigenvalue weighted by Crippen LogP contribution is -2.65. The summed E-state index contributed by atoms with van der Waals surface area (Å²) < 4.78 is 11.9. The Bertz CT molecular complexity index is 1610. The summed E-state index contributed by atoms with van der Waals surface area (Å²) in [5.74, 6) is 1.12. The number of fused-ring (bicyclic) bond motifs is 1. The van der Waals surface area contributed by atoms with E-state index in [0.717, 1.165) is 44.9 Å². The Balaban J connectivity index is 0.972. The number of likely N-dealkylation sites (tertiary alicyclic amines) is 1. The van der Waals surface area contributed by atoms with Crippen LogP contribution in [0, 0.1) is 34.5 Å². The number of ether oxygens (including phenoxy) is 2. The molecule has 0 spiro atoms. The zero-order valence-corrected chi connectivity index (χ0v) is 33.7. The molecule has 6 aliphatic rings. The molecular formula is C41H63N5O14. The first kappa shape index (κ1) is 46.4. The second-order valence-corrected chi connectivity index (χ2v) is 18.1. The molecule has 7 rings (SSSR count). The van der Waals surface area contributed by atoms with E-state index in [4.69, 9.17) is 25.4 Å². The molecule has 1 aromatic rings. The van der Waals surface area contributed by atoms with E-state index in [1.165, 1.54) is 4.90 Å². The largest absolute Gasteiger partial charge is 0.447 e. The summed E-state index contributed by atoms with van der Waals surface area (Å²) in [6.07, 6.45) is -8.23. The van der Waals surface area contributed by atoms with E-state index >= 15 is 0 Å². The molecule has 6 fully saturated rings. The lowest BCUT2D eigenvalue weighted by molar-refractivity contribution is -0.203. The van der Waals surface area contributed by atoms with Crippen LogP contribution in [-0.4, -0.2) is 185 Å². The van der Waals surface area contributed by atoms with Crippen molar-refractivity contribution in [2.75, 3.05) is 39.5 Å². The van der Waals surface area contributed by atoms with E-state index in [-0.39, 0.29) is 43.7 Å². The van der Waals surface area contributed by atoms with Gasteiger partial charge in [-0.2, -0.15) is 5.26 Å². The van der Waals surface area contributed by atoms with E-state index in [9.17, 15) is 55.7 Å². The van der Waals surface area contributed by atoms with Gasteiger partial charge in [0.1, 0.15) is 49.3 Å². The third-order valence-electron chi connectivity index (χ3n) is 13.6. The van der Waals surface area contributed by atoms with Gasteiger partial charge < -0.3 is 76.5 Å². The van der Waals surface area contributed by atoms with Crippen LogP contribution in [0.25, 0.3) is 0 Å². The maximum Gasteiger partial charge on any atom is 0.407 e. The smallest absolute Gasteiger partial charge is 0.407 e. The van der Waals surface area contributed by atoms with Crippen LogP contribution in [0.5, 0.6) is 0 Å². The molecule has 3 unspecified atom stereocenters. The van der Waals surface area contributed by atoms with Crippen molar-refractivity contribution in [2.24, 2.45) is 28.9 Å². The Morgan fingerprint density at radius 1 is 0.817 bits per heavy atom. The predicted molar refractivity (Wildman–Crippen MR) is 209 cm³/mol. The molecule has 13 N–H and O–H groups in total. The number of rotatable bonds is 22. The van der Waals surface area contributed by atoms with Crippen molar-refractivity contribution in [3.63, 3.8) is 0 Å². The Kier molecular flexibility index (Phi) is 15.1. The van der Waals surface area contributed by atoms with Crippen LogP contribution in [-0.2, 0) is 27.4 Å². The quantitative estimate of drug-likeness (QED) is 0.0511. The van der Waals surface area contributed by atoms with Gasteiger partial charge in [-0.1, -0.05) is 24.3 Å². The van der Waals surface area contributed by atoms with Crippen molar-refractivity contribution in [2.45, 2.75) is 137 Å². The Morgan fingerprint density at radius 3 is 1.92 bits per heavy atom. The Labute approximate surface area is 348 Å². The molecule has 0 aromatic heterocycles.